The van der Waals surface area contributed by atoms with E-state index in [0.717, 1.165) is 16.8 Å². The van der Waals surface area contributed by atoms with Crippen molar-refractivity contribution in [2.45, 2.75) is 20.8 Å². The van der Waals surface area contributed by atoms with Gasteiger partial charge >= 0.3 is 0 Å². The summed E-state index contributed by atoms with van der Waals surface area (Å²) in [6, 6.07) is 7.90. The van der Waals surface area contributed by atoms with Crippen molar-refractivity contribution in [3.63, 3.8) is 0 Å². The summed E-state index contributed by atoms with van der Waals surface area (Å²) in [6.07, 6.45) is 3.17. The third-order valence-electron chi connectivity index (χ3n) is 4.65. The van der Waals surface area contributed by atoms with Gasteiger partial charge in [0.25, 0.3) is 5.91 Å². The van der Waals surface area contributed by atoms with Crippen LogP contribution in [0.15, 0.2) is 36.8 Å². The van der Waals surface area contributed by atoms with E-state index in [2.05, 4.69) is 51.5 Å². The molecule has 0 saturated heterocycles. The lowest BCUT2D eigenvalue weighted by Gasteiger charge is -2.09. The van der Waals surface area contributed by atoms with Crippen LogP contribution in [0, 0.1) is 20.8 Å². The highest BCUT2D eigenvalue weighted by atomic mass is 16.5. The minimum Gasteiger partial charge on any atom is -0.375 e. The van der Waals surface area contributed by atoms with E-state index in [1.807, 2.05) is 13.0 Å². The monoisotopic (exact) mass is 391 g/mol. The fourth-order valence-electron chi connectivity index (χ4n) is 3.11. The molecule has 3 heterocycles. The zero-order chi connectivity index (χ0) is 20.5. The van der Waals surface area contributed by atoms with Crippen LogP contribution >= 0.6 is 0 Å². The molecule has 3 aromatic heterocycles. The lowest BCUT2D eigenvalue weighted by atomic mass is 10.1. The average molecular weight is 391 g/mol. The Morgan fingerprint density at radius 3 is 2.69 bits per heavy atom. The Morgan fingerprint density at radius 2 is 1.93 bits per heavy atom. The van der Waals surface area contributed by atoms with Gasteiger partial charge in [-0.1, -0.05) is 6.07 Å². The standard InChI is InChI=1S/C20H21N7O2/c1-12-5-6-15(7-13(12)2)26-19-16(9-23-26)20(22-11-21-19)27-17(8-14(3)25-27)24-18(28)10-29-4/h5-9,11H,10H2,1-4H3,(H,24,28). The number of nitrogens with one attached hydrogen (secondary N) is 1. The molecular formula is C20H21N7O2. The first kappa shape index (κ1) is 18.8. The number of carbonyl (C=O) groups is 1. The molecule has 1 N–H and O–H groups in total. The van der Waals surface area contributed by atoms with E-state index in [0.29, 0.717) is 17.3 Å². The molecule has 4 aromatic rings. The second-order valence-electron chi connectivity index (χ2n) is 6.82. The predicted octanol–water partition coefficient (Wildman–Crippen LogP) is 2.51. The number of ether oxygens (including phenoxy) is 1. The Bertz CT molecular complexity index is 1210. The third kappa shape index (κ3) is 3.47. The lowest BCUT2D eigenvalue weighted by Crippen LogP contribution is -2.19. The van der Waals surface area contributed by atoms with Crippen LogP contribution in [0.2, 0.25) is 0 Å². The number of hydrogen-bond acceptors (Lipinski definition) is 6. The molecule has 9 nitrogen and oxygen atoms in total. The molecule has 0 aliphatic heterocycles. The van der Waals surface area contributed by atoms with Gasteiger partial charge in [0.15, 0.2) is 11.5 Å². The number of anilines is 1. The van der Waals surface area contributed by atoms with Crippen molar-refractivity contribution in [2.24, 2.45) is 0 Å². The van der Waals surface area contributed by atoms with Gasteiger partial charge in [0, 0.05) is 13.2 Å². The summed E-state index contributed by atoms with van der Waals surface area (Å²) in [7, 11) is 1.47. The number of aromatic nitrogens is 6. The van der Waals surface area contributed by atoms with E-state index in [1.165, 1.54) is 24.6 Å². The van der Waals surface area contributed by atoms with Gasteiger partial charge in [-0.05, 0) is 44.0 Å². The van der Waals surface area contributed by atoms with Crippen molar-refractivity contribution >= 4 is 22.8 Å². The Balaban J connectivity index is 1.82. The molecule has 0 unspecified atom stereocenters. The number of aryl methyl sites for hydroxylation is 3. The van der Waals surface area contributed by atoms with Crippen molar-refractivity contribution in [3.8, 4) is 11.5 Å². The van der Waals surface area contributed by atoms with Gasteiger partial charge in [-0.15, -0.1) is 0 Å². The van der Waals surface area contributed by atoms with Crippen LogP contribution < -0.4 is 5.32 Å². The van der Waals surface area contributed by atoms with Crippen molar-refractivity contribution in [3.05, 3.63) is 53.6 Å². The van der Waals surface area contributed by atoms with Crippen molar-refractivity contribution < 1.29 is 9.53 Å². The Morgan fingerprint density at radius 1 is 1.10 bits per heavy atom. The molecule has 0 fully saturated rings. The summed E-state index contributed by atoms with van der Waals surface area (Å²) in [5.41, 5.74) is 4.69. The van der Waals surface area contributed by atoms with Crippen LogP contribution in [-0.2, 0) is 9.53 Å². The average Bonchev–Trinajstić information content (AvgIpc) is 3.27. The van der Waals surface area contributed by atoms with Crippen molar-refractivity contribution in [1.29, 1.82) is 0 Å². The molecule has 0 aliphatic carbocycles. The van der Waals surface area contributed by atoms with E-state index in [-0.39, 0.29) is 12.5 Å². The summed E-state index contributed by atoms with van der Waals surface area (Å²) < 4.78 is 8.24. The third-order valence-corrected chi connectivity index (χ3v) is 4.65. The first-order chi connectivity index (χ1) is 14.0. The van der Waals surface area contributed by atoms with Crippen LogP contribution in [0.4, 0.5) is 5.82 Å². The van der Waals surface area contributed by atoms with Crippen LogP contribution in [-0.4, -0.2) is 49.2 Å². The molecule has 0 atom stereocenters. The molecule has 4 rings (SSSR count). The second kappa shape index (κ2) is 7.44. The lowest BCUT2D eigenvalue weighted by molar-refractivity contribution is -0.119. The predicted molar refractivity (Wildman–Crippen MR) is 108 cm³/mol. The molecule has 0 radical (unpaired) electrons. The maximum absolute atomic E-state index is 12.0. The Labute approximate surface area is 167 Å². The number of benzene rings is 1. The van der Waals surface area contributed by atoms with E-state index in [4.69, 9.17) is 4.74 Å². The summed E-state index contributed by atoms with van der Waals surface area (Å²) in [5.74, 6) is 0.763. The highest BCUT2D eigenvalue weighted by molar-refractivity contribution is 5.92. The smallest absolute Gasteiger partial charge is 0.251 e. The van der Waals surface area contributed by atoms with Gasteiger partial charge < -0.3 is 10.1 Å². The SMILES string of the molecule is COCC(=O)Nc1cc(C)nn1-c1ncnc2c1cnn2-c1ccc(C)c(C)c1. The van der Waals surface area contributed by atoms with Gasteiger partial charge in [0.1, 0.15) is 18.8 Å². The molecule has 0 aliphatic rings. The minimum atomic E-state index is -0.273. The molecule has 0 bridgehead atoms. The minimum absolute atomic E-state index is 0.0475. The van der Waals surface area contributed by atoms with Gasteiger partial charge in [0.05, 0.1) is 23.0 Å². The molecule has 0 saturated carbocycles. The Kier molecular flexibility index (Phi) is 4.81. The summed E-state index contributed by atoms with van der Waals surface area (Å²) in [6.45, 7) is 5.93. The fourth-order valence-corrected chi connectivity index (χ4v) is 3.11. The number of nitrogens with zero attached hydrogens (tertiary/aromatic N) is 6. The number of amides is 1. The largest absolute Gasteiger partial charge is 0.375 e. The number of carbonyl (C=O) groups excluding carboxylic acids is 1. The van der Waals surface area contributed by atoms with Gasteiger partial charge in [-0.2, -0.15) is 14.9 Å². The van der Waals surface area contributed by atoms with Crippen LogP contribution in [0.5, 0.6) is 0 Å². The molecule has 1 amide bonds. The highest BCUT2D eigenvalue weighted by Gasteiger charge is 2.17. The molecule has 0 spiro atoms. The summed E-state index contributed by atoms with van der Waals surface area (Å²) >= 11 is 0. The quantitative estimate of drug-likeness (QED) is 0.561. The number of fused-ring (bicyclic) bond motifs is 1. The number of methoxy groups -OCH3 is 1. The van der Waals surface area contributed by atoms with Gasteiger partial charge in [-0.25, -0.2) is 14.6 Å². The van der Waals surface area contributed by atoms with Gasteiger partial charge in [-0.3, -0.25) is 4.79 Å². The van der Waals surface area contributed by atoms with Crippen LogP contribution in [0.3, 0.4) is 0 Å². The summed E-state index contributed by atoms with van der Waals surface area (Å²) in [4.78, 5) is 20.8. The van der Waals surface area contributed by atoms with Crippen molar-refractivity contribution in [2.75, 3.05) is 19.0 Å². The summed E-state index contributed by atoms with van der Waals surface area (Å²) in [5, 5.41) is 12.5. The van der Waals surface area contributed by atoms with E-state index in [1.54, 1.807) is 21.6 Å². The normalized spacial score (nSPS) is 11.2. The van der Waals surface area contributed by atoms with Crippen molar-refractivity contribution in [1.82, 2.24) is 29.5 Å². The van der Waals surface area contributed by atoms with Crippen LogP contribution in [0.1, 0.15) is 16.8 Å². The molecule has 148 valence electrons. The van der Waals surface area contributed by atoms with Gasteiger partial charge in [0.2, 0.25) is 0 Å². The molecular weight excluding hydrogens is 370 g/mol. The maximum Gasteiger partial charge on any atom is 0.251 e. The highest BCUT2D eigenvalue weighted by Crippen LogP contribution is 2.24. The fraction of sp³-hybridized carbons (Fsp3) is 0.250. The number of rotatable bonds is 5. The number of hydrogen-bond donors (Lipinski definition) is 1. The molecule has 9 heteroatoms. The van der Waals surface area contributed by atoms with Crippen LogP contribution in [0.25, 0.3) is 22.5 Å². The topological polar surface area (TPSA) is 99.8 Å². The second-order valence-corrected chi connectivity index (χ2v) is 6.82. The first-order valence-corrected chi connectivity index (χ1v) is 9.10. The maximum atomic E-state index is 12.0. The van der Waals surface area contributed by atoms with E-state index < -0.39 is 0 Å². The zero-order valence-corrected chi connectivity index (χ0v) is 16.7. The Hall–Kier alpha value is -3.59. The molecule has 29 heavy (non-hydrogen) atoms. The molecule has 1 aromatic carbocycles. The van der Waals surface area contributed by atoms with E-state index >= 15 is 0 Å². The first-order valence-electron chi connectivity index (χ1n) is 9.10. The zero-order valence-electron chi connectivity index (χ0n) is 16.7. The van der Waals surface area contributed by atoms with E-state index in [9.17, 15) is 4.79 Å².